The number of carbonyl (C=O) groups excluding carboxylic acids is 1. The fraction of sp³-hybridized carbons (Fsp3) is 0.125. The Bertz CT molecular complexity index is 733. The zero-order chi connectivity index (χ0) is 14.1. The summed E-state index contributed by atoms with van der Waals surface area (Å²) in [5.74, 6) is -0.620. The molecule has 1 heterocycles. The summed E-state index contributed by atoms with van der Waals surface area (Å²) >= 11 is 0. The second kappa shape index (κ2) is 4.78. The highest BCUT2D eigenvalue weighted by Gasteiger charge is 2.26. The van der Waals surface area contributed by atoms with Crippen molar-refractivity contribution in [3.63, 3.8) is 0 Å². The van der Waals surface area contributed by atoms with E-state index in [1.165, 1.54) is 12.1 Å². The van der Waals surface area contributed by atoms with Crippen LogP contribution in [0.5, 0.6) is 0 Å². The van der Waals surface area contributed by atoms with Crippen molar-refractivity contribution in [3.8, 4) is 6.07 Å². The van der Waals surface area contributed by atoms with Crippen molar-refractivity contribution in [2.24, 2.45) is 0 Å². The van der Waals surface area contributed by atoms with Gasteiger partial charge in [0.1, 0.15) is 11.9 Å². The molecule has 3 nitrogen and oxygen atoms in total. The van der Waals surface area contributed by atoms with Crippen molar-refractivity contribution in [1.82, 2.24) is 0 Å². The lowest BCUT2D eigenvalue weighted by Gasteiger charge is -2.29. The number of hydrogen-bond donors (Lipinski definition) is 0. The Kier molecular flexibility index (Phi) is 2.96. The molecule has 0 fully saturated rings. The van der Waals surface area contributed by atoms with Gasteiger partial charge >= 0.3 is 0 Å². The number of fused-ring (bicyclic) bond motifs is 1. The van der Waals surface area contributed by atoms with Gasteiger partial charge in [-0.25, -0.2) is 4.39 Å². The van der Waals surface area contributed by atoms with Gasteiger partial charge in [0.15, 0.2) is 0 Å². The average Bonchev–Trinajstić information content (AvgIpc) is 2.48. The Morgan fingerprint density at radius 1 is 1.20 bits per heavy atom. The van der Waals surface area contributed by atoms with Crippen LogP contribution in [0.15, 0.2) is 42.5 Å². The van der Waals surface area contributed by atoms with Crippen molar-refractivity contribution in [2.45, 2.75) is 6.42 Å². The van der Waals surface area contributed by atoms with E-state index in [9.17, 15) is 9.18 Å². The Hall–Kier alpha value is -2.67. The number of nitriles is 1. The highest BCUT2D eigenvalue weighted by atomic mass is 19.1. The van der Waals surface area contributed by atoms with Gasteiger partial charge in [-0.2, -0.15) is 5.26 Å². The molecular weight excluding hydrogens is 255 g/mol. The van der Waals surface area contributed by atoms with E-state index in [4.69, 9.17) is 5.26 Å². The zero-order valence-corrected chi connectivity index (χ0v) is 10.6. The van der Waals surface area contributed by atoms with Gasteiger partial charge in [-0.3, -0.25) is 4.79 Å². The molecule has 98 valence electrons. The van der Waals surface area contributed by atoms with Crippen LogP contribution < -0.4 is 4.90 Å². The summed E-state index contributed by atoms with van der Waals surface area (Å²) in [6, 6.07) is 13.3. The Labute approximate surface area is 115 Å². The van der Waals surface area contributed by atoms with E-state index in [0.29, 0.717) is 17.8 Å². The largest absolute Gasteiger partial charge is 0.307 e. The third-order valence-corrected chi connectivity index (χ3v) is 3.47. The SMILES string of the molecule is N#Cc1cc(F)ccc1N1CCc2ccccc2C1=O. The number of amides is 1. The van der Waals surface area contributed by atoms with Gasteiger partial charge in [0.05, 0.1) is 11.3 Å². The van der Waals surface area contributed by atoms with Crippen molar-refractivity contribution in [2.75, 3.05) is 11.4 Å². The fourth-order valence-corrected chi connectivity index (χ4v) is 2.49. The second-order valence-electron chi connectivity index (χ2n) is 4.64. The number of rotatable bonds is 1. The summed E-state index contributed by atoms with van der Waals surface area (Å²) in [7, 11) is 0. The van der Waals surface area contributed by atoms with Gasteiger partial charge in [0.25, 0.3) is 5.91 Å². The van der Waals surface area contributed by atoms with E-state index >= 15 is 0 Å². The summed E-state index contributed by atoms with van der Waals surface area (Å²) in [4.78, 5) is 14.0. The van der Waals surface area contributed by atoms with Crippen LogP contribution in [0.25, 0.3) is 0 Å². The summed E-state index contributed by atoms with van der Waals surface area (Å²) in [6.07, 6.45) is 0.726. The number of anilines is 1. The minimum Gasteiger partial charge on any atom is -0.307 e. The Morgan fingerprint density at radius 2 is 2.00 bits per heavy atom. The third kappa shape index (κ3) is 1.94. The van der Waals surface area contributed by atoms with Gasteiger partial charge in [0, 0.05) is 12.1 Å². The number of hydrogen-bond acceptors (Lipinski definition) is 2. The molecule has 0 bridgehead atoms. The molecule has 0 aromatic heterocycles. The molecule has 20 heavy (non-hydrogen) atoms. The quantitative estimate of drug-likeness (QED) is 0.796. The highest BCUT2D eigenvalue weighted by Crippen LogP contribution is 2.27. The van der Waals surface area contributed by atoms with E-state index < -0.39 is 5.82 Å². The van der Waals surface area contributed by atoms with Gasteiger partial charge < -0.3 is 4.90 Å². The minimum absolute atomic E-state index is 0.144. The molecule has 1 amide bonds. The molecule has 0 saturated heterocycles. The summed E-state index contributed by atoms with van der Waals surface area (Å²) in [5, 5.41) is 9.10. The smallest absolute Gasteiger partial charge is 0.258 e. The van der Waals surface area contributed by atoms with Crippen LogP contribution in [0.4, 0.5) is 10.1 Å². The van der Waals surface area contributed by atoms with Crippen molar-refractivity contribution < 1.29 is 9.18 Å². The van der Waals surface area contributed by atoms with Gasteiger partial charge in [-0.1, -0.05) is 18.2 Å². The lowest BCUT2D eigenvalue weighted by molar-refractivity contribution is 0.0980. The van der Waals surface area contributed by atoms with Gasteiger partial charge in [-0.15, -0.1) is 0 Å². The summed E-state index contributed by atoms with van der Waals surface area (Å²) in [6.45, 7) is 0.496. The van der Waals surface area contributed by atoms with E-state index in [2.05, 4.69) is 0 Å². The van der Waals surface area contributed by atoms with Crippen LogP contribution in [-0.2, 0) is 6.42 Å². The Balaban J connectivity index is 2.06. The Morgan fingerprint density at radius 3 is 2.80 bits per heavy atom. The van der Waals surface area contributed by atoms with Crippen LogP contribution in [0.2, 0.25) is 0 Å². The number of benzene rings is 2. The number of nitrogens with zero attached hydrogens (tertiary/aromatic N) is 2. The van der Waals surface area contributed by atoms with Crippen LogP contribution >= 0.6 is 0 Å². The first-order valence-corrected chi connectivity index (χ1v) is 6.30. The van der Waals surface area contributed by atoms with Crippen molar-refractivity contribution in [3.05, 3.63) is 65.0 Å². The van der Waals surface area contributed by atoms with Crippen LogP contribution in [-0.4, -0.2) is 12.5 Å². The van der Waals surface area contributed by atoms with E-state index in [-0.39, 0.29) is 11.5 Å². The molecule has 0 aliphatic carbocycles. The van der Waals surface area contributed by atoms with Crippen LogP contribution in [0.3, 0.4) is 0 Å². The molecule has 0 N–H and O–H groups in total. The topological polar surface area (TPSA) is 44.1 Å². The molecule has 0 radical (unpaired) electrons. The number of halogens is 1. The maximum absolute atomic E-state index is 13.2. The molecule has 0 atom stereocenters. The minimum atomic E-state index is -0.477. The summed E-state index contributed by atoms with van der Waals surface area (Å²) < 4.78 is 13.2. The first-order valence-electron chi connectivity index (χ1n) is 6.30. The highest BCUT2D eigenvalue weighted by molar-refractivity contribution is 6.08. The van der Waals surface area contributed by atoms with Gasteiger partial charge in [0.2, 0.25) is 0 Å². The molecular formula is C16H11FN2O. The normalized spacial score (nSPS) is 13.8. The maximum atomic E-state index is 13.2. The maximum Gasteiger partial charge on any atom is 0.258 e. The number of carbonyl (C=O) groups is 1. The predicted molar refractivity (Wildman–Crippen MR) is 72.9 cm³/mol. The third-order valence-electron chi connectivity index (χ3n) is 3.47. The van der Waals surface area contributed by atoms with E-state index in [1.807, 2.05) is 24.3 Å². The lowest BCUT2D eigenvalue weighted by Crippen LogP contribution is -2.38. The monoisotopic (exact) mass is 266 g/mol. The molecule has 2 aromatic rings. The molecule has 0 spiro atoms. The first kappa shape index (κ1) is 12.4. The molecule has 3 rings (SSSR count). The standard InChI is InChI=1S/C16H11FN2O/c17-13-5-6-15(12(9-13)10-18)19-8-7-11-3-1-2-4-14(11)16(19)20/h1-6,9H,7-8H2. The lowest BCUT2D eigenvalue weighted by atomic mass is 9.98. The van der Waals surface area contributed by atoms with Crippen molar-refractivity contribution >= 4 is 11.6 Å². The second-order valence-corrected chi connectivity index (χ2v) is 4.64. The van der Waals surface area contributed by atoms with E-state index in [0.717, 1.165) is 18.1 Å². The predicted octanol–water partition coefficient (Wildman–Crippen LogP) is 2.90. The molecule has 0 unspecified atom stereocenters. The molecule has 1 aliphatic heterocycles. The van der Waals surface area contributed by atoms with Crippen LogP contribution in [0.1, 0.15) is 21.5 Å². The molecule has 0 saturated carbocycles. The molecule has 4 heteroatoms. The van der Waals surface area contributed by atoms with Crippen molar-refractivity contribution in [1.29, 1.82) is 5.26 Å². The fourth-order valence-electron chi connectivity index (χ4n) is 2.49. The molecule has 1 aliphatic rings. The van der Waals surface area contributed by atoms with Crippen LogP contribution in [0, 0.1) is 17.1 Å². The van der Waals surface area contributed by atoms with Gasteiger partial charge in [-0.05, 0) is 36.2 Å². The zero-order valence-electron chi connectivity index (χ0n) is 10.6. The molecule has 2 aromatic carbocycles. The first-order chi connectivity index (χ1) is 9.70. The van der Waals surface area contributed by atoms with E-state index in [1.54, 1.807) is 11.0 Å². The summed E-state index contributed by atoms with van der Waals surface area (Å²) in [5.41, 5.74) is 2.30. The average molecular weight is 266 g/mol.